The molecular formula is C23H25ClN4O2S. The highest BCUT2D eigenvalue weighted by atomic mass is 35.5. The van der Waals surface area contributed by atoms with E-state index < -0.39 is 0 Å². The highest BCUT2D eigenvalue weighted by Crippen LogP contribution is 2.26. The van der Waals surface area contributed by atoms with Crippen molar-refractivity contribution in [2.24, 2.45) is 5.92 Å². The number of thioether (sulfide) groups is 1. The van der Waals surface area contributed by atoms with E-state index in [1.165, 1.54) is 4.90 Å². The van der Waals surface area contributed by atoms with Crippen LogP contribution in [0, 0.1) is 5.92 Å². The molecule has 8 heteroatoms. The first kappa shape index (κ1) is 21.9. The second-order valence-electron chi connectivity index (χ2n) is 7.49. The van der Waals surface area contributed by atoms with E-state index in [0.29, 0.717) is 29.8 Å². The second-order valence-corrected chi connectivity index (χ2v) is 9.07. The van der Waals surface area contributed by atoms with Gasteiger partial charge in [-0.15, -0.1) is 11.8 Å². The summed E-state index contributed by atoms with van der Waals surface area (Å²) in [5.41, 5.74) is 0.764. The van der Waals surface area contributed by atoms with Crippen LogP contribution in [0.15, 0.2) is 64.0 Å². The third-order valence-electron chi connectivity index (χ3n) is 5.31. The molecule has 0 unspecified atom stereocenters. The summed E-state index contributed by atoms with van der Waals surface area (Å²) in [6.07, 6.45) is 1.67. The molecule has 3 aromatic rings. The van der Waals surface area contributed by atoms with Crippen molar-refractivity contribution in [3.05, 3.63) is 65.5 Å². The molecule has 31 heavy (non-hydrogen) atoms. The Hall–Kier alpha value is -2.35. The average Bonchev–Trinajstić information content (AvgIpc) is 3.26. The van der Waals surface area contributed by atoms with Gasteiger partial charge in [-0.05, 0) is 50.2 Å². The van der Waals surface area contributed by atoms with Crippen LogP contribution in [0.2, 0.25) is 5.02 Å². The molecule has 1 fully saturated rings. The molecule has 0 bridgehead atoms. The fourth-order valence-electron chi connectivity index (χ4n) is 3.62. The number of aromatic nitrogens is 2. The van der Waals surface area contributed by atoms with Crippen molar-refractivity contribution >= 4 is 29.3 Å². The molecule has 1 aromatic heterocycles. The lowest BCUT2D eigenvalue weighted by molar-refractivity contribution is -0.126. The minimum Gasteiger partial charge on any atom is -0.355 e. The zero-order valence-corrected chi connectivity index (χ0v) is 18.7. The summed E-state index contributed by atoms with van der Waals surface area (Å²) < 4.78 is 5.41. The van der Waals surface area contributed by atoms with Crippen LogP contribution >= 0.6 is 23.4 Å². The topological polar surface area (TPSA) is 71.3 Å². The number of benzene rings is 2. The molecule has 1 aliphatic heterocycles. The third kappa shape index (κ3) is 6.09. The Morgan fingerprint density at radius 3 is 2.65 bits per heavy atom. The number of hydrogen-bond donors (Lipinski definition) is 1. The molecule has 0 radical (unpaired) electrons. The van der Waals surface area contributed by atoms with Gasteiger partial charge in [-0.3, -0.25) is 9.69 Å². The number of rotatable bonds is 8. The molecule has 6 nitrogen and oxygen atoms in total. The molecule has 0 aliphatic carbocycles. The summed E-state index contributed by atoms with van der Waals surface area (Å²) in [6, 6.07) is 17.7. The van der Waals surface area contributed by atoms with Gasteiger partial charge in [-0.1, -0.05) is 47.1 Å². The van der Waals surface area contributed by atoms with Crippen molar-refractivity contribution in [1.82, 2.24) is 20.4 Å². The van der Waals surface area contributed by atoms with Crippen molar-refractivity contribution in [3.8, 4) is 11.4 Å². The monoisotopic (exact) mass is 456 g/mol. The number of piperidine rings is 1. The number of likely N-dealkylation sites (tertiary alicyclic amines) is 1. The first-order valence-corrected chi connectivity index (χ1v) is 11.8. The molecule has 0 saturated carbocycles. The summed E-state index contributed by atoms with van der Waals surface area (Å²) in [5, 5.41) is 7.74. The molecule has 0 spiro atoms. The maximum atomic E-state index is 12.5. The molecule has 2 heterocycles. The largest absolute Gasteiger partial charge is 0.355 e. The fourth-order valence-corrected chi connectivity index (χ4v) is 4.63. The molecule has 4 rings (SSSR count). The standard InChI is InChI=1S/C23H25ClN4O2S/c24-20-9-5-4-8-19(20)22-26-21(30-27-22)16-28-13-10-17(11-14-28)23(29)25-12-15-31-18-6-2-1-3-7-18/h1-9,17H,10-16H2,(H,25,29). The summed E-state index contributed by atoms with van der Waals surface area (Å²) in [5.74, 6) is 2.17. The minimum absolute atomic E-state index is 0.0688. The Morgan fingerprint density at radius 2 is 1.87 bits per heavy atom. The zero-order valence-electron chi connectivity index (χ0n) is 17.2. The van der Waals surface area contributed by atoms with Crippen molar-refractivity contribution in [3.63, 3.8) is 0 Å². The number of hydrogen-bond acceptors (Lipinski definition) is 6. The van der Waals surface area contributed by atoms with Gasteiger partial charge in [0, 0.05) is 28.7 Å². The van der Waals surface area contributed by atoms with Crippen molar-refractivity contribution in [1.29, 1.82) is 0 Å². The van der Waals surface area contributed by atoms with Crippen LogP contribution in [0.3, 0.4) is 0 Å². The van der Waals surface area contributed by atoms with Gasteiger partial charge in [-0.2, -0.15) is 4.98 Å². The average molecular weight is 457 g/mol. The van der Waals surface area contributed by atoms with Crippen molar-refractivity contribution in [2.45, 2.75) is 24.3 Å². The van der Waals surface area contributed by atoms with Crippen LogP contribution < -0.4 is 5.32 Å². The molecule has 162 valence electrons. The highest BCUT2D eigenvalue weighted by molar-refractivity contribution is 7.99. The fraction of sp³-hybridized carbons (Fsp3) is 0.348. The lowest BCUT2D eigenvalue weighted by Gasteiger charge is -2.30. The van der Waals surface area contributed by atoms with Crippen LogP contribution in [0.25, 0.3) is 11.4 Å². The molecule has 1 N–H and O–H groups in total. The van der Waals surface area contributed by atoms with Gasteiger partial charge in [0.2, 0.25) is 17.6 Å². The Bertz CT molecular complexity index is 990. The molecular weight excluding hydrogens is 432 g/mol. The predicted octanol–water partition coefficient (Wildman–Crippen LogP) is 4.51. The Balaban J connectivity index is 1.18. The molecule has 1 saturated heterocycles. The maximum absolute atomic E-state index is 12.5. The highest BCUT2D eigenvalue weighted by Gasteiger charge is 2.26. The molecule has 2 aromatic carbocycles. The van der Waals surface area contributed by atoms with E-state index in [2.05, 4.69) is 32.5 Å². The quantitative estimate of drug-likeness (QED) is 0.397. The van der Waals surface area contributed by atoms with Crippen LogP contribution in [-0.4, -0.2) is 46.3 Å². The predicted molar refractivity (Wildman–Crippen MR) is 123 cm³/mol. The Kier molecular flexibility index (Phi) is 7.61. The van der Waals surface area contributed by atoms with Gasteiger partial charge in [0.25, 0.3) is 0 Å². The van der Waals surface area contributed by atoms with Crippen LogP contribution in [0.5, 0.6) is 0 Å². The lowest BCUT2D eigenvalue weighted by Crippen LogP contribution is -2.40. The SMILES string of the molecule is O=C(NCCSc1ccccc1)C1CCN(Cc2nc(-c3ccccc3Cl)no2)CC1. The van der Waals surface area contributed by atoms with Crippen molar-refractivity contribution < 1.29 is 9.32 Å². The first-order valence-electron chi connectivity index (χ1n) is 10.4. The van der Waals surface area contributed by atoms with Crippen molar-refractivity contribution in [2.75, 3.05) is 25.4 Å². The maximum Gasteiger partial charge on any atom is 0.241 e. The number of amides is 1. The molecule has 1 amide bonds. The smallest absolute Gasteiger partial charge is 0.241 e. The van der Waals surface area contributed by atoms with E-state index in [1.807, 2.05) is 42.5 Å². The zero-order chi connectivity index (χ0) is 21.5. The summed E-state index contributed by atoms with van der Waals surface area (Å²) in [7, 11) is 0. The van der Waals surface area contributed by atoms with Gasteiger partial charge in [0.1, 0.15) is 0 Å². The number of carbonyl (C=O) groups is 1. The first-order chi connectivity index (χ1) is 15.2. The van der Waals surface area contributed by atoms with Crippen LogP contribution in [-0.2, 0) is 11.3 Å². The van der Waals surface area contributed by atoms with Gasteiger partial charge < -0.3 is 9.84 Å². The lowest BCUT2D eigenvalue weighted by atomic mass is 9.96. The van der Waals surface area contributed by atoms with E-state index >= 15 is 0 Å². The van der Waals surface area contributed by atoms with Gasteiger partial charge in [0.15, 0.2) is 0 Å². The third-order valence-corrected chi connectivity index (χ3v) is 6.66. The number of halogens is 1. The number of nitrogens with one attached hydrogen (secondary N) is 1. The summed E-state index contributed by atoms with van der Waals surface area (Å²) in [6.45, 7) is 2.94. The minimum atomic E-state index is 0.0688. The normalized spacial score (nSPS) is 15.1. The number of nitrogens with zero attached hydrogens (tertiary/aromatic N) is 3. The Morgan fingerprint density at radius 1 is 1.13 bits per heavy atom. The Labute approximate surface area is 191 Å². The van der Waals surface area contributed by atoms with Crippen LogP contribution in [0.4, 0.5) is 0 Å². The van der Waals surface area contributed by atoms with E-state index in [0.717, 1.165) is 37.2 Å². The second kappa shape index (κ2) is 10.8. The van der Waals surface area contributed by atoms with E-state index in [1.54, 1.807) is 11.8 Å². The van der Waals surface area contributed by atoms with E-state index in [9.17, 15) is 4.79 Å². The van der Waals surface area contributed by atoms with E-state index in [4.69, 9.17) is 16.1 Å². The van der Waals surface area contributed by atoms with Crippen LogP contribution in [0.1, 0.15) is 18.7 Å². The summed E-state index contributed by atoms with van der Waals surface area (Å²) >= 11 is 7.97. The van der Waals surface area contributed by atoms with Gasteiger partial charge in [-0.25, -0.2) is 0 Å². The van der Waals surface area contributed by atoms with Gasteiger partial charge >= 0.3 is 0 Å². The van der Waals surface area contributed by atoms with E-state index in [-0.39, 0.29) is 11.8 Å². The summed E-state index contributed by atoms with van der Waals surface area (Å²) in [4.78, 5) is 20.4. The molecule has 0 atom stereocenters. The van der Waals surface area contributed by atoms with Gasteiger partial charge in [0.05, 0.1) is 11.6 Å². The number of carbonyl (C=O) groups excluding carboxylic acids is 1. The molecule has 1 aliphatic rings.